The van der Waals surface area contributed by atoms with Gasteiger partial charge in [0.15, 0.2) is 0 Å². The van der Waals surface area contributed by atoms with Crippen LogP contribution in [0.15, 0.2) is 0 Å². The minimum Gasteiger partial charge on any atom is -0.412 e. The van der Waals surface area contributed by atoms with Crippen molar-refractivity contribution in [2.24, 2.45) is 0 Å². The molecule has 0 aliphatic carbocycles. The Kier molecular flexibility index (Phi) is 11.7. The third kappa shape index (κ3) is 10.9. The predicted octanol–water partition coefficient (Wildman–Crippen LogP) is 2.59. The molecule has 0 spiro atoms. The summed E-state index contributed by atoms with van der Waals surface area (Å²) in [5, 5.41) is 0. The largest absolute Gasteiger partial charge is 0.412 e. The van der Waals surface area contributed by atoms with E-state index in [2.05, 4.69) is 13.8 Å². The van der Waals surface area contributed by atoms with Crippen LogP contribution in [-0.4, -0.2) is 21.3 Å². The third-order valence-corrected chi connectivity index (χ3v) is 6.59. The number of unbranched alkanes of at least 4 members (excludes halogenated alkanes) is 1. The van der Waals surface area contributed by atoms with E-state index in [-0.39, 0.29) is 8.91 Å². The monoisotopic (exact) mass is 210 g/mol. The first-order valence-electron chi connectivity index (χ1n) is 4.24. The van der Waals surface area contributed by atoms with Gasteiger partial charge in [0, 0.05) is 12.4 Å². The first-order chi connectivity index (χ1) is 5.41. The van der Waals surface area contributed by atoms with Crippen molar-refractivity contribution in [1.82, 2.24) is 0 Å². The minimum absolute atomic E-state index is 0.250. The van der Waals surface area contributed by atoms with Crippen LogP contribution < -0.4 is 0 Å². The Bertz CT molecular complexity index is 65.5. The Hall–Kier alpha value is 0.877. The summed E-state index contributed by atoms with van der Waals surface area (Å²) in [6.07, 6.45) is 3.76. The van der Waals surface area contributed by atoms with Gasteiger partial charge < -0.3 is 4.43 Å². The Morgan fingerprint density at radius 1 is 1.27 bits per heavy atom. The van der Waals surface area contributed by atoms with Gasteiger partial charge in [0.1, 0.15) is 0 Å². The molecule has 0 aromatic heterocycles. The standard InChI is InChI=1S/C7H18OS2Si/c1-3-5-6-8-11-10-9-7-4-2/h3-7,11H2,1-2H3. The minimum atomic E-state index is -0.250. The lowest BCUT2D eigenvalue weighted by Crippen LogP contribution is -1.95. The topological polar surface area (TPSA) is 9.23 Å². The smallest absolute Gasteiger partial charge is 0.233 e. The molecule has 0 atom stereocenters. The molecule has 0 bridgehead atoms. The molecule has 0 rings (SSSR count). The molecule has 0 aliphatic rings. The van der Waals surface area contributed by atoms with E-state index < -0.39 is 0 Å². The normalized spacial score (nSPS) is 11.5. The maximum atomic E-state index is 5.50. The van der Waals surface area contributed by atoms with Gasteiger partial charge in [-0.3, -0.25) is 0 Å². The first kappa shape index (κ1) is 11.9. The van der Waals surface area contributed by atoms with Crippen molar-refractivity contribution in [2.45, 2.75) is 33.1 Å². The number of rotatable bonds is 8. The molecular formula is C7H18OS2Si. The summed E-state index contributed by atoms with van der Waals surface area (Å²) in [5.41, 5.74) is 0. The zero-order chi connectivity index (χ0) is 8.36. The summed E-state index contributed by atoms with van der Waals surface area (Å²) in [6, 6.07) is 0. The van der Waals surface area contributed by atoms with Gasteiger partial charge in [0.05, 0.1) is 0 Å². The van der Waals surface area contributed by atoms with Gasteiger partial charge in [0.2, 0.25) is 8.91 Å². The van der Waals surface area contributed by atoms with Crippen LogP contribution in [0.4, 0.5) is 0 Å². The summed E-state index contributed by atoms with van der Waals surface area (Å²) >= 11 is 0. The molecule has 1 nitrogen and oxygen atoms in total. The van der Waals surface area contributed by atoms with E-state index in [1.165, 1.54) is 25.0 Å². The van der Waals surface area contributed by atoms with Crippen molar-refractivity contribution < 1.29 is 4.43 Å². The van der Waals surface area contributed by atoms with Gasteiger partial charge in [-0.2, -0.15) is 0 Å². The summed E-state index contributed by atoms with van der Waals surface area (Å²) in [5.74, 6) is 1.27. The van der Waals surface area contributed by atoms with E-state index in [4.69, 9.17) is 4.43 Å². The SMILES string of the molecule is CCCCO[SiH2]SSCCC. The fourth-order valence-electron chi connectivity index (χ4n) is 0.516. The van der Waals surface area contributed by atoms with Crippen LogP contribution in [0.2, 0.25) is 0 Å². The molecule has 0 aromatic carbocycles. The molecule has 0 amide bonds. The van der Waals surface area contributed by atoms with E-state index in [1.54, 1.807) is 0 Å². The van der Waals surface area contributed by atoms with Crippen molar-refractivity contribution >= 4 is 29.9 Å². The van der Waals surface area contributed by atoms with Crippen molar-refractivity contribution in [3.05, 3.63) is 0 Å². The maximum Gasteiger partial charge on any atom is 0.233 e. The maximum absolute atomic E-state index is 5.50. The van der Waals surface area contributed by atoms with Crippen molar-refractivity contribution in [2.75, 3.05) is 12.4 Å². The Morgan fingerprint density at radius 3 is 2.73 bits per heavy atom. The predicted molar refractivity (Wildman–Crippen MR) is 59.7 cm³/mol. The van der Waals surface area contributed by atoms with Crippen molar-refractivity contribution in [1.29, 1.82) is 0 Å². The highest BCUT2D eigenvalue weighted by Crippen LogP contribution is 2.19. The van der Waals surface area contributed by atoms with E-state index >= 15 is 0 Å². The van der Waals surface area contributed by atoms with Crippen LogP contribution >= 0.6 is 21.0 Å². The molecule has 0 fully saturated rings. The summed E-state index contributed by atoms with van der Waals surface area (Å²) < 4.78 is 5.50. The van der Waals surface area contributed by atoms with E-state index in [1.807, 2.05) is 21.0 Å². The quantitative estimate of drug-likeness (QED) is 0.346. The average Bonchev–Trinajstić information content (AvgIpc) is 2.03. The van der Waals surface area contributed by atoms with Crippen molar-refractivity contribution in [3.63, 3.8) is 0 Å². The molecule has 0 saturated carbocycles. The second kappa shape index (κ2) is 10.9. The van der Waals surface area contributed by atoms with Gasteiger partial charge in [-0.15, -0.1) is 0 Å². The van der Waals surface area contributed by atoms with Gasteiger partial charge in [-0.1, -0.05) is 41.3 Å². The molecule has 68 valence electrons. The molecule has 0 saturated heterocycles. The van der Waals surface area contributed by atoms with Gasteiger partial charge in [0.25, 0.3) is 0 Å². The zero-order valence-electron chi connectivity index (χ0n) is 7.47. The van der Waals surface area contributed by atoms with Crippen molar-refractivity contribution in [3.8, 4) is 0 Å². The summed E-state index contributed by atoms with van der Waals surface area (Å²) in [6.45, 7) is 5.40. The molecular weight excluding hydrogens is 192 g/mol. The highest BCUT2D eigenvalue weighted by molar-refractivity contribution is 8.85. The Morgan fingerprint density at radius 2 is 2.09 bits per heavy atom. The van der Waals surface area contributed by atoms with Crippen LogP contribution in [0.5, 0.6) is 0 Å². The van der Waals surface area contributed by atoms with Gasteiger partial charge in [-0.25, -0.2) is 0 Å². The average molecular weight is 210 g/mol. The number of hydrogen-bond acceptors (Lipinski definition) is 3. The second-order valence-electron chi connectivity index (χ2n) is 2.32. The zero-order valence-corrected chi connectivity index (χ0v) is 10.5. The molecule has 0 N–H and O–H groups in total. The summed E-state index contributed by atoms with van der Waals surface area (Å²) in [7, 11) is 3.68. The second-order valence-corrected chi connectivity index (χ2v) is 8.09. The summed E-state index contributed by atoms with van der Waals surface area (Å²) in [4.78, 5) is 0. The highest BCUT2D eigenvalue weighted by Gasteiger charge is 1.89. The molecule has 0 heterocycles. The molecule has 4 heteroatoms. The number of hydrogen-bond donors (Lipinski definition) is 0. The lowest BCUT2D eigenvalue weighted by molar-refractivity contribution is 0.336. The van der Waals surface area contributed by atoms with E-state index in [9.17, 15) is 0 Å². The molecule has 0 unspecified atom stereocenters. The fraction of sp³-hybridized carbons (Fsp3) is 1.00. The lowest BCUT2D eigenvalue weighted by Gasteiger charge is -2.00. The molecule has 0 radical (unpaired) electrons. The van der Waals surface area contributed by atoms with Crippen LogP contribution in [0.3, 0.4) is 0 Å². The first-order valence-corrected chi connectivity index (χ1v) is 9.03. The molecule has 0 aliphatic heterocycles. The lowest BCUT2D eigenvalue weighted by atomic mass is 10.4. The van der Waals surface area contributed by atoms with Crippen LogP contribution in [0.25, 0.3) is 0 Å². The van der Waals surface area contributed by atoms with E-state index in [0.717, 1.165) is 6.61 Å². The van der Waals surface area contributed by atoms with E-state index in [0.29, 0.717) is 0 Å². The third-order valence-electron chi connectivity index (χ3n) is 1.14. The fourth-order valence-corrected chi connectivity index (χ4v) is 5.16. The Balaban J connectivity index is 2.69. The van der Waals surface area contributed by atoms with Crippen LogP contribution in [0.1, 0.15) is 33.1 Å². The highest BCUT2D eigenvalue weighted by atomic mass is 33.2. The Labute approximate surface area is 80.0 Å². The molecule has 11 heavy (non-hydrogen) atoms. The van der Waals surface area contributed by atoms with Gasteiger partial charge in [-0.05, 0) is 12.8 Å². The van der Waals surface area contributed by atoms with Crippen LogP contribution in [0, 0.1) is 0 Å². The molecule has 0 aromatic rings. The van der Waals surface area contributed by atoms with Gasteiger partial charge >= 0.3 is 0 Å². The van der Waals surface area contributed by atoms with Crippen LogP contribution in [-0.2, 0) is 4.43 Å².